The van der Waals surface area contributed by atoms with Gasteiger partial charge in [-0.2, -0.15) is 0 Å². The molecule has 0 spiro atoms. The molecule has 0 heterocycles. The van der Waals surface area contributed by atoms with Crippen LogP contribution in [0, 0.1) is 5.41 Å². The lowest BCUT2D eigenvalue weighted by Gasteiger charge is -2.21. The normalized spacial score (nSPS) is 20.2. The fourth-order valence-electron chi connectivity index (χ4n) is 1.94. The Kier molecular flexibility index (Phi) is 6.09. The van der Waals surface area contributed by atoms with E-state index in [4.69, 9.17) is 4.74 Å². The Labute approximate surface area is 111 Å². The number of carbonyl (C=O) groups is 1. The van der Waals surface area contributed by atoms with Gasteiger partial charge in [0.15, 0.2) is 0 Å². The summed E-state index contributed by atoms with van der Waals surface area (Å²) in [5, 5.41) is 6.36. The van der Waals surface area contributed by atoms with Crippen molar-refractivity contribution in [2.45, 2.75) is 58.5 Å². The quantitative estimate of drug-likeness (QED) is 0.660. The minimum atomic E-state index is -0.112. The van der Waals surface area contributed by atoms with Crippen LogP contribution in [-0.4, -0.2) is 38.3 Å². The van der Waals surface area contributed by atoms with Crippen LogP contribution in [0.15, 0.2) is 0 Å². The number of nitrogens with one attached hydrogen (secondary N) is 2. The molecule has 0 bridgehead atoms. The summed E-state index contributed by atoms with van der Waals surface area (Å²) in [7, 11) is 1.74. The average Bonchev–Trinajstić information content (AvgIpc) is 3.13. The number of carbonyl (C=O) groups excluding carboxylic acids is 1. The van der Waals surface area contributed by atoms with Gasteiger partial charge in [-0.05, 0) is 44.9 Å². The molecule has 0 aliphatic heterocycles. The molecule has 2 unspecified atom stereocenters. The Morgan fingerprint density at radius 1 is 1.39 bits per heavy atom. The number of methoxy groups -OCH3 is 1. The maximum atomic E-state index is 11.9. The summed E-state index contributed by atoms with van der Waals surface area (Å²) in [6.45, 7) is 7.78. The Hall–Kier alpha value is -0.610. The van der Waals surface area contributed by atoms with Gasteiger partial charge in [0.05, 0.1) is 6.04 Å². The molecule has 0 aromatic carbocycles. The Morgan fingerprint density at radius 2 is 2.06 bits per heavy atom. The zero-order chi connectivity index (χ0) is 13.6. The Morgan fingerprint density at radius 3 is 2.56 bits per heavy atom. The summed E-state index contributed by atoms with van der Waals surface area (Å²) in [5.41, 5.74) is 0.390. The summed E-state index contributed by atoms with van der Waals surface area (Å²) in [5.74, 6) is 0.104. The van der Waals surface area contributed by atoms with E-state index in [1.807, 2.05) is 13.8 Å². The minimum Gasteiger partial charge on any atom is -0.385 e. The first-order valence-corrected chi connectivity index (χ1v) is 7.05. The number of amides is 1. The summed E-state index contributed by atoms with van der Waals surface area (Å²) in [6.07, 6.45) is 4.57. The van der Waals surface area contributed by atoms with Gasteiger partial charge in [0.1, 0.15) is 0 Å². The van der Waals surface area contributed by atoms with Gasteiger partial charge >= 0.3 is 0 Å². The number of ether oxygens (including phenoxy) is 1. The van der Waals surface area contributed by atoms with Crippen LogP contribution in [0.25, 0.3) is 0 Å². The van der Waals surface area contributed by atoms with Gasteiger partial charge in [0.2, 0.25) is 5.91 Å². The van der Waals surface area contributed by atoms with Gasteiger partial charge in [0.25, 0.3) is 0 Å². The molecule has 0 saturated heterocycles. The predicted octanol–water partition coefficient (Wildman–Crippen LogP) is 1.70. The van der Waals surface area contributed by atoms with Crippen molar-refractivity contribution in [3.8, 4) is 0 Å². The zero-order valence-electron chi connectivity index (χ0n) is 12.2. The van der Waals surface area contributed by atoms with Crippen molar-refractivity contribution in [1.29, 1.82) is 0 Å². The smallest absolute Gasteiger partial charge is 0.237 e. The molecule has 0 radical (unpaired) electrons. The second-order valence-corrected chi connectivity index (χ2v) is 5.66. The van der Waals surface area contributed by atoms with Crippen molar-refractivity contribution in [3.63, 3.8) is 0 Å². The second-order valence-electron chi connectivity index (χ2n) is 5.66. The molecule has 1 aliphatic rings. The van der Waals surface area contributed by atoms with Crippen LogP contribution in [0.3, 0.4) is 0 Å². The second kappa shape index (κ2) is 7.10. The highest BCUT2D eigenvalue weighted by molar-refractivity contribution is 5.81. The van der Waals surface area contributed by atoms with Crippen LogP contribution in [-0.2, 0) is 9.53 Å². The standard InChI is InChI=1S/C14H28N2O2/c1-5-11(2)16-13(17)12(3)15-10-14(6-7-14)8-9-18-4/h11-12,15H,5-10H2,1-4H3,(H,16,17). The monoisotopic (exact) mass is 256 g/mol. The maximum Gasteiger partial charge on any atom is 0.237 e. The van der Waals surface area contributed by atoms with Crippen LogP contribution < -0.4 is 10.6 Å². The summed E-state index contributed by atoms with van der Waals surface area (Å²) in [6, 6.07) is 0.143. The van der Waals surface area contributed by atoms with E-state index in [1.165, 1.54) is 12.8 Å². The molecule has 1 amide bonds. The lowest BCUT2D eigenvalue weighted by atomic mass is 10.0. The Balaban J connectivity index is 2.24. The molecular formula is C14H28N2O2. The summed E-state index contributed by atoms with van der Waals surface area (Å²) in [4.78, 5) is 11.9. The van der Waals surface area contributed by atoms with Crippen LogP contribution in [0.1, 0.15) is 46.5 Å². The molecule has 4 heteroatoms. The first kappa shape index (κ1) is 15.4. The van der Waals surface area contributed by atoms with Crippen LogP contribution >= 0.6 is 0 Å². The number of hydrogen-bond acceptors (Lipinski definition) is 3. The fourth-order valence-corrected chi connectivity index (χ4v) is 1.94. The SMILES string of the molecule is CCC(C)NC(=O)C(C)NCC1(CCOC)CC1. The van der Waals surface area contributed by atoms with Crippen molar-refractivity contribution in [2.75, 3.05) is 20.3 Å². The maximum absolute atomic E-state index is 11.9. The van der Waals surface area contributed by atoms with Crippen molar-refractivity contribution in [2.24, 2.45) is 5.41 Å². The lowest BCUT2D eigenvalue weighted by Crippen LogP contribution is -2.46. The summed E-state index contributed by atoms with van der Waals surface area (Å²) >= 11 is 0. The van der Waals surface area contributed by atoms with Crippen molar-refractivity contribution in [1.82, 2.24) is 10.6 Å². The van der Waals surface area contributed by atoms with Gasteiger partial charge < -0.3 is 15.4 Å². The lowest BCUT2D eigenvalue weighted by molar-refractivity contribution is -0.123. The molecule has 2 atom stereocenters. The molecule has 18 heavy (non-hydrogen) atoms. The largest absolute Gasteiger partial charge is 0.385 e. The van der Waals surface area contributed by atoms with Crippen molar-refractivity contribution < 1.29 is 9.53 Å². The fraction of sp³-hybridized carbons (Fsp3) is 0.929. The van der Waals surface area contributed by atoms with Gasteiger partial charge in [-0.25, -0.2) is 0 Å². The Bertz CT molecular complexity index is 265. The highest BCUT2D eigenvalue weighted by Crippen LogP contribution is 2.48. The van der Waals surface area contributed by atoms with Crippen molar-refractivity contribution in [3.05, 3.63) is 0 Å². The van der Waals surface area contributed by atoms with E-state index in [2.05, 4.69) is 17.6 Å². The topological polar surface area (TPSA) is 50.4 Å². The molecule has 106 valence electrons. The van der Waals surface area contributed by atoms with E-state index in [1.54, 1.807) is 7.11 Å². The highest BCUT2D eigenvalue weighted by atomic mass is 16.5. The first-order valence-electron chi connectivity index (χ1n) is 7.05. The van der Waals surface area contributed by atoms with E-state index < -0.39 is 0 Å². The molecule has 0 aromatic heterocycles. The van der Waals surface area contributed by atoms with E-state index in [0.29, 0.717) is 5.41 Å². The van der Waals surface area contributed by atoms with E-state index in [0.717, 1.165) is 26.0 Å². The van der Waals surface area contributed by atoms with Gasteiger partial charge in [0, 0.05) is 26.3 Å². The van der Waals surface area contributed by atoms with E-state index >= 15 is 0 Å². The minimum absolute atomic E-state index is 0.104. The van der Waals surface area contributed by atoms with Crippen LogP contribution in [0.5, 0.6) is 0 Å². The zero-order valence-corrected chi connectivity index (χ0v) is 12.2. The van der Waals surface area contributed by atoms with Crippen LogP contribution in [0.4, 0.5) is 0 Å². The predicted molar refractivity (Wildman–Crippen MR) is 73.5 cm³/mol. The van der Waals surface area contributed by atoms with Gasteiger partial charge in [-0.1, -0.05) is 6.92 Å². The third-order valence-corrected chi connectivity index (χ3v) is 3.97. The molecule has 1 aliphatic carbocycles. The highest BCUT2D eigenvalue weighted by Gasteiger charge is 2.42. The third-order valence-electron chi connectivity index (χ3n) is 3.97. The van der Waals surface area contributed by atoms with Crippen LogP contribution in [0.2, 0.25) is 0 Å². The van der Waals surface area contributed by atoms with E-state index in [9.17, 15) is 4.79 Å². The van der Waals surface area contributed by atoms with Crippen molar-refractivity contribution >= 4 is 5.91 Å². The number of hydrogen-bond donors (Lipinski definition) is 2. The van der Waals surface area contributed by atoms with E-state index in [-0.39, 0.29) is 18.0 Å². The molecule has 0 aromatic rings. The van der Waals surface area contributed by atoms with Gasteiger partial charge in [-0.15, -0.1) is 0 Å². The number of rotatable bonds is 9. The molecule has 1 saturated carbocycles. The molecular weight excluding hydrogens is 228 g/mol. The molecule has 1 rings (SSSR count). The third kappa shape index (κ3) is 4.94. The van der Waals surface area contributed by atoms with Gasteiger partial charge in [-0.3, -0.25) is 4.79 Å². The molecule has 2 N–H and O–H groups in total. The molecule has 4 nitrogen and oxygen atoms in total. The summed E-state index contributed by atoms with van der Waals surface area (Å²) < 4.78 is 5.13. The first-order chi connectivity index (χ1) is 8.53. The average molecular weight is 256 g/mol. The molecule has 1 fully saturated rings.